The first-order chi connectivity index (χ1) is 8.96. The van der Waals surface area contributed by atoms with Gasteiger partial charge in [-0.05, 0) is 12.1 Å². The summed E-state index contributed by atoms with van der Waals surface area (Å²) in [6.45, 7) is 0. The predicted molar refractivity (Wildman–Crippen MR) is 73.0 cm³/mol. The number of benzene rings is 2. The summed E-state index contributed by atoms with van der Waals surface area (Å²) in [5, 5.41) is 4.88. The van der Waals surface area contributed by atoms with E-state index in [1.165, 1.54) is 12.1 Å². The minimum Gasteiger partial charge on any atom is -0.289 e. The largest absolute Gasteiger partial charge is 0.296 e. The summed E-state index contributed by atoms with van der Waals surface area (Å²) in [6.07, 6.45) is 0. The van der Waals surface area contributed by atoms with Crippen molar-refractivity contribution in [2.45, 2.75) is 0 Å². The Hall–Kier alpha value is -2.18. The van der Waals surface area contributed by atoms with Gasteiger partial charge in [-0.2, -0.15) is 8.42 Å². The Morgan fingerprint density at radius 2 is 1.58 bits per heavy atom. The molecule has 0 heterocycles. The van der Waals surface area contributed by atoms with Gasteiger partial charge in [-0.1, -0.05) is 42.5 Å². The molecular formula is C13H12N2O3S. The van der Waals surface area contributed by atoms with Crippen LogP contribution in [0.3, 0.4) is 0 Å². The van der Waals surface area contributed by atoms with E-state index in [0.717, 1.165) is 0 Å². The minimum atomic E-state index is -3.85. The van der Waals surface area contributed by atoms with Gasteiger partial charge in [0.05, 0.1) is 5.69 Å². The highest BCUT2D eigenvalue weighted by Gasteiger charge is 2.10. The maximum atomic E-state index is 12.2. The molecule has 2 rings (SSSR count). The van der Waals surface area contributed by atoms with Crippen LogP contribution < -0.4 is 9.86 Å². The summed E-state index contributed by atoms with van der Waals surface area (Å²) in [6, 6.07) is 14.9. The summed E-state index contributed by atoms with van der Waals surface area (Å²) in [5.41, 5.74) is 1.18. The van der Waals surface area contributed by atoms with Gasteiger partial charge in [0.2, 0.25) is 0 Å². The maximum Gasteiger partial charge on any atom is 0.296 e. The highest BCUT2D eigenvalue weighted by atomic mass is 32.2. The lowest BCUT2D eigenvalue weighted by molar-refractivity contribution is 0.103. The molecule has 0 spiro atoms. The normalized spacial score (nSPS) is 11.0. The van der Waals surface area contributed by atoms with Gasteiger partial charge in [-0.3, -0.25) is 9.52 Å². The van der Waals surface area contributed by atoms with Crippen molar-refractivity contribution in [2.24, 2.45) is 5.14 Å². The molecule has 0 aliphatic heterocycles. The Morgan fingerprint density at radius 3 is 2.21 bits per heavy atom. The van der Waals surface area contributed by atoms with Crippen LogP contribution in [-0.2, 0) is 10.2 Å². The second-order valence-corrected chi connectivity index (χ2v) is 5.22. The van der Waals surface area contributed by atoms with Gasteiger partial charge in [-0.15, -0.1) is 0 Å². The average molecular weight is 276 g/mol. The van der Waals surface area contributed by atoms with Gasteiger partial charge < -0.3 is 0 Å². The molecule has 98 valence electrons. The molecule has 2 aromatic rings. The zero-order chi connectivity index (χ0) is 13.9. The SMILES string of the molecule is NS(=O)(=O)Nc1cccc(C(=O)c2ccccc2)c1. The molecule has 0 aromatic heterocycles. The zero-order valence-electron chi connectivity index (χ0n) is 9.91. The van der Waals surface area contributed by atoms with E-state index in [-0.39, 0.29) is 11.5 Å². The second-order valence-electron chi connectivity index (χ2n) is 3.92. The van der Waals surface area contributed by atoms with Crippen LogP contribution >= 0.6 is 0 Å². The number of nitrogens with one attached hydrogen (secondary N) is 1. The van der Waals surface area contributed by atoms with Crippen LogP contribution in [0, 0.1) is 0 Å². The molecule has 0 amide bonds. The molecule has 0 atom stereocenters. The zero-order valence-corrected chi connectivity index (χ0v) is 10.7. The van der Waals surface area contributed by atoms with Gasteiger partial charge in [-0.25, -0.2) is 5.14 Å². The number of carbonyl (C=O) groups is 1. The Bertz CT molecular complexity index is 697. The molecule has 0 bridgehead atoms. The number of nitrogens with two attached hydrogens (primary N) is 1. The summed E-state index contributed by atoms with van der Waals surface area (Å²) in [7, 11) is -3.85. The smallest absolute Gasteiger partial charge is 0.289 e. The third-order valence-corrected chi connectivity index (χ3v) is 2.94. The van der Waals surface area contributed by atoms with E-state index in [0.29, 0.717) is 11.1 Å². The highest BCUT2D eigenvalue weighted by molar-refractivity contribution is 7.90. The van der Waals surface area contributed by atoms with E-state index in [1.807, 2.05) is 6.07 Å². The van der Waals surface area contributed by atoms with Gasteiger partial charge in [0.15, 0.2) is 5.78 Å². The van der Waals surface area contributed by atoms with Crippen molar-refractivity contribution in [3.63, 3.8) is 0 Å². The van der Waals surface area contributed by atoms with Gasteiger partial charge in [0.1, 0.15) is 0 Å². The molecule has 2 aromatic carbocycles. The Morgan fingerprint density at radius 1 is 0.947 bits per heavy atom. The number of ketones is 1. The van der Waals surface area contributed by atoms with Gasteiger partial charge in [0, 0.05) is 11.1 Å². The molecule has 0 aliphatic rings. The fraction of sp³-hybridized carbons (Fsp3) is 0. The molecule has 0 saturated heterocycles. The first-order valence-corrected chi connectivity index (χ1v) is 7.01. The van der Waals surface area contributed by atoms with E-state index < -0.39 is 10.2 Å². The van der Waals surface area contributed by atoms with Crippen LogP contribution in [0.4, 0.5) is 5.69 Å². The van der Waals surface area contributed by atoms with Crippen LogP contribution in [0.1, 0.15) is 15.9 Å². The maximum absolute atomic E-state index is 12.2. The first kappa shape index (κ1) is 13.3. The molecule has 6 heteroatoms. The monoisotopic (exact) mass is 276 g/mol. The molecule has 5 nitrogen and oxygen atoms in total. The third kappa shape index (κ3) is 3.64. The van der Waals surface area contributed by atoms with Crippen molar-refractivity contribution in [3.05, 3.63) is 65.7 Å². The summed E-state index contributed by atoms with van der Waals surface area (Å²) >= 11 is 0. The number of hydrogen-bond acceptors (Lipinski definition) is 3. The topological polar surface area (TPSA) is 89.3 Å². The van der Waals surface area contributed by atoms with Crippen LogP contribution in [0.15, 0.2) is 54.6 Å². The average Bonchev–Trinajstić information content (AvgIpc) is 2.37. The second kappa shape index (κ2) is 5.21. The van der Waals surface area contributed by atoms with E-state index in [1.54, 1.807) is 36.4 Å². The van der Waals surface area contributed by atoms with Crippen molar-refractivity contribution in [2.75, 3.05) is 4.72 Å². The fourth-order valence-corrected chi connectivity index (χ4v) is 2.10. The minimum absolute atomic E-state index is 0.182. The van der Waals surface area contributed by atoms with Crippen molar-refractivity contribution < 1.29 is 13.2 Å². The van der Waals surface area contributed by atoms with Gasteiger partial charge >= 0.3 is 0 Å². The molecule has 0 radical (unpaired) electrons. The van der Waals surface area contributed by atoms with Crippen molar-refractivity contribution in [1.82, 2.24) is 0 Å². The van der Waals surface area contributed by atoms with Crippen LogP contribution in [0.2, 0.25) is 0 Å². The van der Waals surface area contributed by atoms with E-state index in [4.69, 9.17) is 5.14 Å². The first-order valence-electron chi connectivity index (χ1n) is 5.46. The molecular weight excluding hydrogens is 264 g/mol. The van der Waals surface area contributed by atoms with Crippen LogP contribution in [0.25, 0.3) is 0 Å². The third-order valence-electron chi connectivity index (χ3n) is 2.42. The summed E-state index contributed by atoms with van der Waals surface area (Å²) < 4.78 is 24.0. The number of carbonyl (C=O) groups excluding carboxylic acids is 1. The Kier molecular flexibility index (Phi) is 3.64. The van der Waals surface area contributed by atoms with E-state index >= 15 is 0 Å². The number of hydrogen-bond donors (Lipinski definition) is 2. The van der Waals surface area contributed by atoms with Gasteiger partial charge in [0.25, 0.3) is 10.2 Å². The lowest BCUT2D eigenvalue weighted by atomic mass is 10.0. The van der Waals surface area contributed by atoms with E-state index in [9.17, 15) is 13.2 Å². The lowest BCUT2D eigenvalue weighted by Gasteiger charge is -2.06. The molecule has 0 fully saturated rings. The Balaban J connectivity index is 2.32. The Labute approximate surface area is 111 Å². The predicted octanol–water partition coefficient (Wildman–Crippen LogP) is 1.53. The van der Waals surface area contributed by atoms with E-state index in [2.05, 4.69) is 4.72 Å². The van der Waals surface area contributed by atoms with Crippen LogP contribution in [0.5, 0.6) is 0 Å². The molecule has 19 heavy (non-hydrogen) atoms. The van der Waals surface area contributed by atoms with Crippen molar-refractivity contribution in [3.8, 4) is 0 Å². The lowest BCUT2D eigenvalue weighted by Crippen LogP contribution is -2.21. The van der Waals surface area contributed by atoms with Crippen molar-refractivity contribution in [1.29, 1.82) is 0 Å². The molecule has 0 aliphatic carbocycles. The quantitative estimate of drug-likeness (QED) is 0.830. The van der Waals surface area contributed by atoms with Crippen LogP contribution in [-0.4, -0.2) is 14.2 Å². The highest BCUT2D eigenvalue weighted by Crippen LogP contribution is 2.15. The molecule has 3 N–H and O–H groups in total. The fourth-order valence-electron chi connectivity index (χ4n) is 1.64. The number of rotatable bonds is 4. The molecule has 0 unspecified atom stereocenters. The molecule has 0 saturated carbocycles. The summed E-state index contributed by atoms with van der Waals surface area (Å²) in [5.74, 6) is -0.182. The number of anilines is 1. The summed E-state index contributed by atoms with van der Waals surface area (Å²) in [4.78, 5) is 12.2. The standard InChI is InChI=1S/C13H12N2O3S/c14-19(17,18)15-12-8-4-7-11(9-12)13(16)10-5-2-1-3-6-10/h1-9,15H,(H2,14,17,18). The van der Waals surface area contributed by atoms with Crippen molar-refractivity contribution >= 4 is 21.7 Å².